The zero-order chi connectivity index (χ0) is 22.5. The minimum atomic E-state index is -1.02. The number of hydrazone groups is 1. The Morgan fingerprint density at radius 2 is 2.10 bits per heavy atom. The molecule has 0 radical (unpaired) electrons. The van der Waals surface area contributed by atoms with Gasteiger partial charge < -0.3 is 15.5 Å². The predicted octanol–water partition coefficient (Wildman–Crippen LogP) is -0.444. The monoisotopic (exact) mass is 428 g/mol. The van der Waals surface area contributed by atoms with E-state index in [1.807, 2.05) is 0 Å². The lowest BCUT2D eigenvalue weighted by Crippen LogP contribution is -2.54. The molecular formula is C20H24N6O5. The first-order valence-corrected chi connectivity index (χ1v) is 9.70. The van der Waals surface area contributed by atoms with Gasteiger partial charge in [-0.15, -0.1) is 0 Å². The molecule has 164 valence electrons. The van der Waals surface area contributed by atoms with Gasteiger partial charge in [-0.2, -0.15) is 5.10 Å². The Hall–Kier alpha value is -3.60. The average Bonchev–Trinajstić information content (AvgIpc) is 3.01. The second-order valence-corrected chi connectivity index (χ2v) is 7.15. The Labute approximate surface area is 178 Å². The van der Waals surface area contributed by atoms with Gasteiger partial charge in [-0.1, -0.05) is 6.07 Å². The van der Waals surface area contributed by atoms with Crippen molar-refractivity contribution >= 4 is 41.2 Å². The third kappa shape index (κ3) is 4.45. The minimum Gasteiger partial charge on any atom is -0.383 e. The highest BCUT2D eigenvalue weighted by Gasteiger charge is 2.45. The van der Waals surface area contributed by atoms with Gasteiger partial charge in [0.2, 0.25) is 11.8 Å². The second-order valence-electron chi connectivity index (χ2n) is 7.15. The molecule has 2 heterocycles. The number of amides is 4. The molecule has 0 spiro atoms. The van der Waals surface area contributed by atoms with Crippen molar-refractivity contribution in [2.45, 2.75) is 18.9 Å². The molecule has 0 bridgehead atoms. The van der Waals surface area contributed by atoms with E-state index in [0.717, 1.165) is 4.90 Å². The van der Waals surface area contributed by atoms with Crippen LogP contribution < -0.4 is 16.1 Å². The van der Waals surface area contributed by atoms with E-state index in [-0.39, 0.29) is 30.5 Å². The van der Waals surface area contributed by atoms with Crippen LogP contribution in [0.25, 0.3) is 0 Å². The van der Waals surface area contributed by atoms with Crippen molar-refractivity contribution in [3.8, 4) is 0 Å². The molecule has 0 aliphatic carbocycles. The van der Waals surface area contributed by atoms with Crippen molar-refractivity contribution < 1.29 is 23.9 Å². The van der Waals surface area contributed by atoms with E-state index in [2.05, 4.69) is 15.4 Å². The molecular weight excluding hydrogens is 404 g/mol. The van der Waals surface area contributed by atoms with Crippen LogP contribution in [0.5, 0.6) is 0 Å². The first-order chi connectivity index (χ1) is 14.9. The lowest BCUT2D eigenvalue weighted by molar-refractivity contribution is -0.136. The lowest BCUT2D eigenvalue weighted by Gasteiger charge is -2.28. The van der Waals surface area contributed by atoms with Crippen molar-refractivity contribution in [2.75, 3.05) is 38.8 Å². The van der Waals surface area contributed by atoms with Gasteiger partial charge in [-0.3, -0.25) is 34.4 Å². The molecule has 2 aliphatic heterocycles. The fourth-order valence-corrected chi connectivity index (χ4v) is 3.57. The summed E-state index contributed by atoms with van der Waals surface area (Å²) in [5, 5.41) is 5.91. The van der Waals surface area contributed by atoms with Crippen molar-refractivity contribution in [3.05, 3.63) is 29.3 Å². The van der Waals surface area contributed by atoms with E-state index < -0.39 is 29.7 Å². The molecule has 3 N–H and O–H groups in total. The number of nitrogens with one attached hydrogen (secondary N) is 1. The molecule has 31 heavy (non-hydrogen) atoms. The SMILES string of the molecule is COCCN=CC(CN(C)c1cccc2c1C(=O)N(C1CCC(=O)NC1=O)C2=O)=NN. The molecule has 1 aromatic carbocycles. The van der Waals surface area contributed by atoms with Crippen LogP contribution in [0, 0.1) is 0 Å². The summed E-state index contributed by atoms with van der Waals surface area (Å²) >= 11 is 0. The van der Waals surface area contributed by atoms with Gasteiger partial charge in [-0.05, 0) is 18.6 Å². The summed E-state index contributed by atoms with van der Waals surface area (Å²) in [5.41, 5.74) is 1.37. The number of nitrogens with zero attached hydrogens (tertiary/aromatic N) is 4. The first-order valence-electron chi connectivity index (χ1n) is 9.70. The van der Waals surface area contributed by atoms with Crippen LogP contribution in [0.3, 0.4) is 0 Å². The summed E-state index contributed by atoms with van der Waals surface area (Å²) in [4.78, 5) is 56.6. The molecule has 0 saturated carbocycles. The number of rotatable bonds is 8. The number of ether oxygens (including phenoxy) is 1. The number of anilines is 1. The molecule has 3 rings (SSSR count). The molecule has 0 aromatic heterocycles. The number of aliphatic imine (C=N–C) groups is 1. The van der Waals surface area contributed by atoms with Crippen LogP contribution in [0.2, 0.25) is 0 Å². The van der Waals surface area contributed by atoms with Gasteiger partial charge in [0.05, 0.1) is 42.2 Å². The summed E-state index contributed by atoms with van der Waals surface area (Å²) in [6.45, 7) is 1.15. The normalized spacial score (nSPS) is 19.2. The molecule has 1 saturated heterocycles. The molecule has 1 aromatic rings. The van der Waals surface area contributed by atoms with E-state index in [4.69, 9.17) is 10.6 Å². The maximum atomic E-state index is 13.2. The van der Waals surface area contributed by atoms with Crippen molar-refractivity contribution in [3.63, 3.8) is 0 Å². The minimum absolute atomic E-state index is 0.0648. The van der Waals surface area contributed by atoms with E-state index in [0.29, 0.717) is 24.6 Å². The van der Waals surface area contributed by atoms with Crippen molar-refractivity contribution in [1.29, 1.82) is 0 Å². The first kappa shape index (κ1) is 22.1. The summed E-state index contributed by atoms with van der Waals surface area (Å²) in [7, 11) is 3.31. The molecule has 4 amide bonds. The van der Waals surface area contributed by atoms with E-state index in [1.54, 1.807) is 37.3 Å². The summed E-state index contributed by atoms with van der Waals surface area (Å²) < 4.78 is 4.94. The number of hydrogen-bond donors (Lipinski definition) is 2. The van der Waals surface area contributed by atoms with Gasteiger partial charge in [0.25, 0.3) is 11.8 Å². The maximum absolute atomic E-state index is 13.2. The average molecular weight is 428 g/mol. The van der Waals surface area contributed by atoms with E-state index >= 15 is 0 Å². The zero-order valence-electron chi connectivity index (χ0n) is 17.3. The van der Waals surface area contributed by atoms with Gasteiger partial charge in [-0.25, -0.2) is 0 Å². The highest BCUT2D eigenvalue weighted by Crippen LogP contribution is 2.33. The standard InChI is InChI=1S/C20H24N6O5/c1-25(11-12(24-21)10-22-8-9-31-2)14-5-3-4-13-17(14)20(30)26(19(13)29)15-6-7-16(27)23-18(15)28/h3-5,10,15H,6-9,11,21H2,1-2H3,(H,23,27,28). The van der Waals surface area contributed by atoms with Crippen LogP contribution >= 0.6 is 0 Å². The maximum Gasteiger partial charge on any atom is 0.264 e. The van der Waals surface area contributed by atoms with Crippen LogP contribution in [0.15, 0.2) is 28.3 Å². The number of hydrogen-bond acceptors (Lipinski definition) is 9. The lowest BCUT2D eigenvalue weighted by atomic mass is 10.0. The largest absolute Gasteiger partial charge is 0.383 e. The third-order valence-corrected chi connectivity index (χ3v) is 5.09. The molecule has 11 nitrogen and oxygen atoms in total. The Morgan fingerprint density at radius 1 is 1.32 bits per heavy atom. The summed E-state index contributed by atoms with van der Waals surface area (Å²) in [6.07, 6.45) is 1.69. The number of carbonyl (C=O) groups is 4. The van der Waals surface area contributed by atoms with Gasteiger partial charge in [0.1, 0.15) is 6.04 Å². The van der Waals surface area contributed by atoms with Gasteiger partial charge in [0, 0.05) is 26.8 Å². The number of methoxy groups -OCH3 is 1. The van der Waals surface area contributed by atoms with Crippen LogP contribution in [-0.2, 0) is 14.3 Å². The molecule has 1 atom stereocenters. The van der Waals surface area contributed by atoms with E-state index in [1.165, 1.54) is 6.21 Å². The molecule has 1 fully saturated rings. The number of benzene rings is 1. The Balaban J connectivity index is 1.84. The number of carbonyl (C=O) groups excluding carboxylic acids is 4. The second kappa shape index (κ2) is 9.47. The van der Waals surface area contributed by atoms with Gasteiger partial charge in [0.15, 0.2) is 0 Å². The van der Waals surface area contributed by atoms with Crippen molar-refractivity contribution in [2.24, 2.45) is 15.9 Å². The summed E-state index contributed by atoms with van der Waals surface area (Å²) in [5.74, 6) is 3.27. The highest BCUT2D eigenvalue weighted by molar-refractivity contribution is 6.32. The quantitative estimate of drug-likeness (QED) is 0.187. The van der Waals surface area contributed by atoms with Crippen LogP contribution in [0.4, 0.5) is 5.69 Å². The topological polar surface area (TPSA) is 147 Å². The Bertz CT molecular complexity index is 973. The number of fused-ring (bicyclic) bond motifs is 1. The van der Waals surface area contributed by atoms with Crippen LogP contribution in [0.1, 0.15) is 33.6 Å². The Morgan fingerprint density at radius 3 is 2.77 bits per heavy atom. The number of piperidine rings is 1. The number of nitrogens with two attached hydrogens (primary N) is 1. The van der Waals surface area contributed by atoms with E-state index in [9.17, 15) is 19.2 Å². The van der Waals surface area contributed by atoms with Gasteiger partial charge >= 0.3 is 0 Å². The van der Waals surface area contributed by atoms with Crippen LogP contribution in [-0.4, -0.2) is 80.4 Å². The smallest absolute Gasteiger partial charge is 0.264 e. The Kier molecular flexibility index (Phi) is 6.75. The fraction of sp³-hybridized carbons (Fsp3) is 0.400. The molecule has 2 aliphatic rings. The predicted molar refractivity (Wildman–Crippen MR) is 113 cm³/mol. The number of imide groups is 2. The summed E-state index contributed by atoms with van der Waals surface area (Å²) in [6, 6.07) is 3.89. The fourth-order valence-electron chi connectivity index (χ4n) is 3.57. The molecule has 1 unspecified atom stereocenters. The third-order valence-electron chi connectivity index (χ3n) is 5.09. The van der Waals surface area contributed by atoms with Crippen molar-refractivity contribution in [1.82, 2.24) is 10.2 Å². The molecule has 11 heteroatoms. The highest BCUT2D eigenvalue weighted by atomic mass is 16.5. The zero-order valence-corrected chi connectivity index (χ0v) is 17.3.